The van der Waals surface area contributed by atoms with E-state index >= 15 is 0 Å². The second kappa shape index (κ2) is 26.3. The molecule has 0 aliphatic heterocycles. The molecule has 0 bridgehead atoms. The number of aromatic nitrogens is 2. The van der Waals surface area contributed by atoms with E-state index in [-0.39, 0.29) is 5.92 Å². The zero-order valence-electron chi connectivity index (χ0n) is 60.1. The van der Waals surface area contributed by atoms with Crippen molar-refractivity contribution in [2.75, 3.05) is 4.90 Å². The number of rotatable bonds is 15. The lowest BCUT2D eigenvalue weighted by molar-refractivity contribution is 0.715. The molecule has 0 saturated carbocycles. The number of fused-ring (bicyclic) bond motifs is 16. The first kappa shape index (κ1) is 63.6. The predicted molar refractivity (Wildman–Crippen MR) is 456 cm³/mol. The van der Waals surface area contributed by atoms with Gasteiger partial charge in [-0.3, -0.25) is 0 Å². The molecule has 0 N–H and O–H groups in total. The third-order valence-electron chi connectivity index (χ3n) is 23.4. The predicted octanol–water partition coefficient (Wildman–Crippen LogP) is 27.8. The molecule has 2 aliphatic rings. The minimum absolute atomic E-state index is 0.0251. The first-order valence-corrected chi connectivity index (χ1v) is 38.1. The largest absolute Gasteiger partial charge is 0.310 e. The lowest BCUT2D eigenvalue weighted by Crippen LogP contribution is -2.25. The Bertz CT molecular complexity index is 6610. The van der Waals surface area contributed by atoms with Gasteiger partial charge in [0.1, 0.15) is 0 Å². The van der Waals surface area contributed by atoms with Crippen molar-refractivity contribution >= 4 is 60.7 Å². The molecule has 3 nitrogen and oxygen atoms in total. The summed E-state index contributed by atoms with van der Waals surface area (Å²) >= 11 is 0. The summed E-state index contributed by atoms with van der Waals surface area (Å²) in [4.78, 5) is 2.51. The number of para-hydroxylation sites is 4. The van der Waals surface area contributed by atoms with Gasteiger partial charge in [-0.25, -0.2) is 0 Å². The Morgan fingerprint density at radius 3 is 1.13 bits per heavy atom. The van der Waals surface area contributed by atoms with E-state index in [0.29, 0.717) is 0 Å². The van der Waals surface area contributed by atoms with E-state index in [1.54, 1.807) is 0 Å². The van der Waals surface area contributed by atoms with Gasteiger partial charge in [-0.1, -0.05) is 322 Å². The first-order chi connectivity index (χ1) is 54.1. The van der Waals surface area contributed by atoms with Crippen molar-refractivity contribution in [2.45, 2.75) is 24.2 Å². The lowest BCUT2D eigenvalue weighted by atomic mass is 9.70. The minimum atomic E-state index is -0.517. The number of hydrogen-bond acceptors (Lipinski definition) is 1. The number of aryl methyl sites for hydroxylation is 1. The van der Waals surface area contributed by atoms with Gasteiger partial charge in [0, 0.05) is 55.9 Å². The summed E-state index contributed by atoms with van der Waals surface area (Å²) in [5, 5.41) is 4.99. The summed E-state index contributed by atoms with van der Waals surface area (Å²) in [7, 11) is 0. The van der Waals surface area contributed by atoms with Gasteiger partial charge >= 0.3 is 0 Å². The van der Waals surface area contributed by atoms with Gasteiger partial charge < -0.3 is 14.0 Å². The summed E-state index contributed by atoms with van der Waals surface area (Å²) in [6, 6.07) is 154. The Hall–Kier alpha value is -13.9. The van der Waals surface area contributed by atoms with Crippen LogP contribution < -0.4 is 4.90 Å². The average Bonchev–Trinajstić information content (AvgIpc) is 1.51. The maximum Gasteiger partial charge on any atom is 0.0725 e. The average molecular weight is 1390 g/mol. The van der Waals surface area contributed by atoms with Gasteiger partial charge in [0.15, 0.2) is 0 Å². The summed E-state index contributed by atoms with van der Waals surface area (Å²) in [6.07, 6.45) is 1.71. The van der Waals surface area contributed by atoms with Crippen molar-refractivity contribution < 1.29 is 0 Å². The fourth-order valence-corrected chi connectivity index (χ4v) is 18.5. The molecule has 2 aliphatic carbocycles. The first-order valence-electron chi connectivity index (χ1n) is 38.1. The Balaban J connectivity index is 0.748. The summed E-state index contributed by atoms with van der Waals surface area (Å²) < 4.78 is 4.82. The summed E-state index contributed by atoms with van der Waals surface area (Å²) in [6.45, 7) is 0. The number of nitrogens with zero attached hydrogens (tertiary/aromatic N) is 3. The highest BCUT2D eigenvalue weighted by Gasteiger charge is 2.51. The van der Waals surface area contributed by atoms with Crippen molar-refractivity contribution in [3.8, 4) is 89.3 Å². The van der Waals surface area contributed by atoms with Crippen LogP contribution in [0, 0.1) is 0 Å². The lowest BCUT2D eigenvalue weighted by Gasteiger charge is -2.31. The highest BCUT2D eigenvalue weighted by atomic mass is 15.1. The van der Waals surface area contributed by atoms with E-state index in [1.165, 1.54) is 149 Å². The SMILES string of the molecule is c1ccc(-c2ccc(C(CCc3ccc(-c4cccc5c4c4ccccc4n5-c4ccccc4)cc3)c3cc(-c4ccc5c(c4)C4(c6ccccc6-c6ccccc64)c4ccccc4-5)cc(N(c4ccc(-c5ccccc5)cc4)c4ccc(-c5cccc6c5c5ccccc5n6-c5ccccc5)cc4)c3)cc2)cc1. The molecule has 0 fully saturated rings. The smallest absolute Gasteiger partial charge is 0.0725 e. The third kappa shape index (κ3) is 10.6. The quantitative estimate of drug-likeness (QED) is 0.0997. The Kier molecular flexibility index (Phi) is 15.4. The maximum atomic E-state index is 2.56. The van der Waals surface area contributed by atoms with E-state index in [0.717, 1.165) is 52.4 Å². The topological polar surface area (TPSA) is 13.1 Å². The second-order valence-electron chi connectivity index (χ2n) is 29.3. The van der Waals surface area contributed by atoms with Crippen LogP contribution in [0.1, 0.15) is 51.3 Å². The van der Waals surface area contributed by atoms with E-state index < -0.39 is 5.41 Å². The van der Waals surface area contributed by atoms with E-state index in [2.05, 4.69) is 427 Å². The fourth-order valence-electron chi connectivity index (χ4n) is 18.5. The van der Waals surface area contributed by atoms with Crippen molar-refractivity contribution in [1.82, 2.24) is 9.13 Å². The Morgan fingerprint density at radius 2 is 0.624 bits per heavy atom. The minimum Gasteiger partial charge on any atom is -0.310 e. The third-order valence-corrected chi connectivity index (χ3v) is 23.4. The van der Waals surface area contributed by atoms with Crippen molar-refractivity contribution in [2.24, 2.45) is 0 Å². The van der Waals surface area contributed by atoms with E-state index in [1.807, 2.05) is 0 Å². The van der Waals surface area contributed by atoms with E-state index in [4.69, 9.17) is 0 Å². The molecule has 17 aromatic carbocycles. The van der Waals surface area contributed by atoms with Gasteiger partial charge in [0.2, 0.25) is 0 Å². The highest BCUT2D eigenvalue weighted by molar-refractivity contribution is 6.17. The van der Waals surface area contributed by atoms with Gasteiger partial charge in [0.05, 0.1) is 27.5 Å². The van der Waals surface area contributed by atoms with Crippen LogP contribution in [0.15, 0.2) is 413 Å². The molecule has 1 atom stereocenters. The molecule has 109 heavy (non-hydrogen) atoms. The molecule has 2 heterocycles. The molecule has 21 rings (SSSR count). The highest BCUT2D eigenvalue weighted by Crippen LogP contribution is 2.63. The second-order valence-corrected chi connectivity index (χ2v) is 29.3. The standard InChI is InChI=1S/C106H73N3/c1-5-25-72(26-6-1)74-52-54-76(55-53-74)87(65-49-71-47-50-77(51-48-71)88-38-23-45-102-104(88)94-36-16-21-43-100(94)108(102)82-29-9-3-10-30-82)81-67-80(79-60-66-93-92-35-15-20-42-98(92)106(99(93)70-79)96-40-18-13-33-90(96)91-34-14-19-41-97(91)106)68-86(69-81)107(84-61-56-75(57-62-84)73-27-7-2-8-28-73)85-63-58-78(59-64-85)89-39-24-46-103-105(89)95-37-17-22-44-101(95)109(103)83-31-11-4-12-32-83/h1-48,50-64,66-70,87H,49,65H2. The molecule has 1 spiro atoms. The number of anilines is 3. The number of benzene rings is 17. The van der Waals surface area contributed by atoms with Crippen LogP contribution >= 0.6 is 0 Å². The van der Waals surface area contributed by atoms with Crippen LogP contribution in [-0.2, 0) is 11.8 Å². The van der Waals surface area contributed by atoms with Crippen LogP contribution in [0.4, 0.5) is 17.1 Å². The normalized spacial score (nSPS) is 12.7. The molecule has 3 heteroatoms. The molecule has 0 saturated heterocycles. The maximum absolute atomic E-state index is 2.56. The molecular weight excluding hydrogens is 1320 g/mol. The monoisotopic (exact) mass is 1390 g/mol. The molecule has 2 aromatic heterocycles. The van der Waals surface area contributed by atoms with Gasteiger partial charge in [0.25, 0.3) is 0 Å². The van der Waals surface area contributed by atoms with Crippen LogP contribution in [0.25, 0.3) is 133 Å². The molecule has 512 valence electrons. The zero-order valence-corrected chi connectivity index (χ0v) is 60.1. The van der Waals surface area contributed by atoms with Crippen molar-refractivity contribution in [3.05, 3.63) is 451 Å². The van der Waals surface area contributed by atoms with Crippen LogP contribution in [0.5, 0.6) is 0 Å². The van der Waals surface area contributed by atoms with Crippen molar-refractivity contribution in [3.63, 3.8) is 0 Å². The van der Waals surface area contributed by atoms with Gasteiger partial charge in [-0.2, -0.15) is 0 Å². The fraction of sp³-hybridized carbons (Fsp3) is 0.0377. The summed E-state index contributed by atoms with van der Waals surface area (Å²) in [5.74, 6) is -0.0251. The molecule has 0 radical (unpaired) electrons. The van der Waals surface area contributed by atoms with Crippen LogP contribution in [0.3, 0.4) is 0 Å². The van der Waals surface area contributed by atoms with Crippen LogP contribution in [0.2, 0.25) is 0 Å². The molecule has 19 aromatic rings. The Labute approximate surface area is 635 Å². The van der Waals surface area contributed by atoms with Gasteiger partial charge in [-0.15, -0.1) is 0 Å². The number of hydrogen-bond donors (Lipinski definition) is 0. The Morgan fingerprint density at radius 1 is 0.239 bits per heavy atom. The van der Waals surface area contributed by atoms with Crippen molar-refractivity contribution in [1.29, 1.82) is 0 Å². The van der Waals surface area contributed by atoms with Gasteiger partial charge in [-0.05, 0) is 221 Å². The summed E-state index contributed by atoms with van der Waals surface area (Å²) in [5.41, 5.74) is 35.9. The molecule has 1 unspecified atom stereocenters. The van der Waals surface area contributed by atoms with Crippen LogP contribution in [-0.4, -0.2) is 9.13 Å². The molecular formula is C106H73N3. The zero-order chi connectivity index (χ0) is 71.9. The molecule has 0 amide bonds. The van der Waals surface area contributed by atoms with E-state index in [9.17, 15) is 0 Å².